The zero-order valence-corrected chi connectivity index (χ0v) is 17.5. The Balaban J connectivity index is 1.41. The molecule has 8 nitrogen and oxygen atoms in total. The predicted molar refractivity (Wildman–Crippen MR) is 111 cm³/mol. The molecule has 0 aliphatic carbocycles. The zero-order valence-electron chi connectivity index (χ0n) is 16.7. The largest absolute Gasteiger partial charge is 0.506 e. The van der Waals surface area contributed by atoms with Crippen LogP contribution < -0.4 is 10.6 Å². The number of anilines is 1. The second-order valence-electron chi connectivity index (χ2n) is 7.60. The van der Waals surface area contributed by atoms with E-state index in [2.05, 4.69) is 22.5 Å². The Morgan fingerprint density at radius 3 is 2.62 bits per heavy atom. The number of nitrogens with zero attached hydrogens (tertiary/aromatic N) is 2. The number of morpholine rings is 1. The number of nitrogens with one attached hydrogen (secondary N) is 2. The molecular weight excluding hydrogens is 396 g/mol. The summed E-state index contributed by atoms with van der Waals surface area (Å²) in [7, 11) is 0. The maximum absolute atomic E-state index is 12.5. The molecule has 160 valence electrons. The van der Waals surface area contributed by atoms with Crippen molar-refractivity contribution in [2.75, 3.05) is 51.3 Å². The molecule has 2 heterocycles. The fourth-order valence-electron chi connectivity index (χ4n) is 3.68. The molecule has 0 aromatic heterocycles. The van der Waals surface area contributed by atoms with Gasteiger partial charge in [-0.05, 0) is 38.0 Å². The Hall–Kier alpha value is -2.03. The lowest BCUT2D eigenvalue weighted by Gasteiger charge is -2.34. The number of phenols is 1. The number of ether oxygens (including phenoxy) is 1. The molecule has 1 aromatic carbocycles. The van der Waals surface area contributed by atoms with Crippen LogP contribution in [-0.4, -0.2) is 78.8 Å². The molecule has 0 spiro atoms. The number of hydrogen-bond donors (Lipinski definition) is 3. The summed E-state index contributed by atoms with van der Waals surface area (Å²) in [6.07, 6.45) is 1.17. The normalized spacial score (nSPS) is 19.6. The van der Waals surface area contributed by atoms with Crippen LogP contribution in [0.3, 0.4) is 0 Å². The Labute approximate surface area is 176 Å². The van der Waals surface area contributed by atoms with E-state index in [9.17, 15) is 14.7 Å². The van der Waals surface area contributed by atoms with Crippen LogP contribution in [-0.2, 0) is 9.53 Å². The van der Waals surface area contributed by atoms with Gasteiger partial charge in [-0.1, -0.05) is 11.6 Å². The van der Waals surface area contributed by atoms with Gasteiger partial charge in [-0.2, -0.15) is 0 Å². The van der Waals surface area contributed by atoms with E-state index < -0.39 is 0 Å². The number of piperidine rings is 1. The van der Waals surface area contributed by atoms with Crippen LogP contribution >= 0.6 is 11.6 Å². The number of phenolic OH excluding ortho intramolecular Hbond substituents is 1. The number of likely N-dealkylation sites (tertiary alicyclic amines) is 1. The zero-order chi connectivity index (χ0) is 20.8. The first-order valence-corrected chi connectivity index (χ1v) is 10.5. The lowest BCUT2D eigenvalue weighted by Crippen LogP contribution is -2.51. The van der Waals surface area contributed by atoms with Gasteiger partial charge in [-0.25, -0.2) is 4.79 Å². The fourth-order valence-corrected chi connectivity index (χ4v) is 3.85. The number of aromatic hydroxyl groups is 1. The molecule has 2 fully saturated rings. The van der Waals surface area contributed by atoms with Crippen molar-refractivity contribution >= 4 is 29.2 Å². The van der Waals surface area contributed by atoms with Crippen LogP contribution in [0.4, 0.5) is 10.5 Å². The fraction of sp³-hybridized carbons (Fsp3) is 0.600. The number of benzene rings is 1. The number of rotatable bonds is 5. The number of hydrogen-bond acceptors (Lipinski definition) is 5. The van der Waals surface area contributed by atoms with Gasteiger partial charge in [0, 0.05) is 49.7 Å². The van der Waals surface area contributed by atoms with Gasteiger partial charge < -0.3 is 25.4 Å². The van der Waals surface area contributed by atoms with E-state index in [0.29, 0.717) is 43.2 Å². The lowest BCUT2D eigenvalue weighted by atomic mass is 9.96. The molecule has 0 radical (unpaired) electrons. The third-order valence-corrected chi connectivity index (χ3v) is 5.82. The third kappa shape index (κ3) is 5.98. The Morgan fingerprint density at radius 1 is 1.24 bits per heavy atom. The Bertz CT molecular complexity index is 718. The molecular formula is C20H29ClN4O4. The predicted octanol–water partition coefficient (Wildman–Crippen LogP) is 2.13. The highest BCUT2D eigenvalue weighted by molar-refractivity contribution is 6.31. The maximum Gasteiger partial charge on any atom is 0.317 e. The van der Waals surface area contributed by atoms with Crippen molar-refractivity contribution in [3.05, 3.63) is 23.2 Å². The van der Waals surface area contributed by atoms with Crippen molar-refractivity contribution in [1.82, 2.24) is 15.1 Å². The van der Waals surface area contributed by atoms with Crippen LogP contribution in [0.1, 0.15) is 19.8 Å². The van der Waals surface area contributed by atoms with E-state index in [4.69, 9.17) is 16.3 Å². The molecule has 0 saturated carbocycles. The molecule has 2 saturated heterocycles. The van der Waals surface area contributed by atoms with Crippen molar-refractivity contribution < 1.29 is 19.4 Å². The summed E-state index contributed by atoms with van der Waals surface area (Å²) in [6.45, 7) is 7.00. The minimum Gasteiger partial charge on any atom is -0.506 e. The summed E-state index contributed by atoms with van der Waals surface area (Å²) in [5, 5.41) is 16.0. The Kier molecular flexibility index (Phi) is 7.57. The van der Waals surface area contributed by atoms with Crippen LogP contribution in [0.15, 0.2) is 18.2 Å². The van der Waals surface area contributed by atoms with Crippen LogP contribution in [0.2, 0.25) is 5.02 Å². The first-order chi connectivity index (χ1) is 13.9. The van der Waals surface area contributed by atoms with Crippen LogP contribution in [0.25, 0.3) is 0 Å². The van der Waals surface area contributed by atoms with E-state index in [1.807, 2.05) is 0 Å². The first-order valence-electron chi connectivity index (χ1n) is 10.1. The SMILES string of the molecule is CC(CNC(=O)N1CCC(C(=O)Nc2cc(Cl)ccc2O)CC1)N1CCOCC1. The van der Waals surface area contributed by atoms with Gasteiger partial charge in [0.1, 0.15) is 5.75 Å². The van der Waals surface area contributed by atoms with Gasteiger partial charge >= 0.3 is 6.03 Å². The average molecular weight is 425 g/mol. The summed E-state index contributed by atoms with van der Waals surface area (Å²) in [6, 6.07) is 4.70. The van der Waals surface area contributed by atoms with E-state index in [0.717, 1.165) is 26.3 Å². The van der Waals surface area contributed by atoms with Crippen molar-refractivity contribution in [3.63, 3.8) is 0 Å². The van der Waals surface area contributed by atoms with Gasteiger partial charge in [0.2, 0.25) is 5.91 Å². The minimum atomic E-state index is -0.204. The highest BCUT2D eigenvalue weighted by Crippen LogP contribution is 2.28. The maximum atomic E-state index is 12.5. The molecule has 1 unspecified atom stereocenters. The van der Waals surface area contributed by atoms with Crippen molar-refractivity contribution in [2.45, 2.75) is 25.8 Å². The molecule has 1 atom stereocenters. The molecule has 3 amide bonds. The van der Waals surface area contributed by atoms with Crippen LogP contribution in [0, 0.1) is 5.92 Å². The highest BCUT2D eigenvalue weighted by Gasteiger charge is 2.28. The van der Waals surface area contributed by atoms with Gasteiger partial charge in [0.05, 0.1) is 18.9 Å². The Morgan fingerprint density at radius 2 is 1.93 bits per heavy atom. The molecule has 9 heteroatoms. The average Bonchev–Trinajstić information content (AvgIpc) is 2.75. The molecule has 3 N–H and O–H groups in total. The number of halogens is 1. The molecule has 3 rings (SSSR count). The lowest BCUT2D eigenvalue weighted by molar-refractivity contribution is -0.121. The van der Waals surface area contributed by atoms with E-state index in [1.165, 1.54) is 12.1 Å². The van der Waals surface area contributed by atoms with Crippen LogP contribution in [0.5, 0.6) is 5.75 Å². The monoisotopic (exact) mass is 424 g/mol. The van der Waals surface area contributed by atoms with E-state index >= 15 is 0 Å². The smallest absolute Gasteiger partial charge is 0.317 e. The van der Waals surface area contributed by atoms with Gasteiger partial charge in [0.25, 0.3) is 0 Å². The number of amides is 3. The second-order valence-corrected chi connectivity index (χ2v) is 8.03. The first kappa shape index (κ1) is 21.7. The summed E-state index contributed by atoms with van der Waals surface area (Å²) in [4.78, 5) is 29.0. The topological polar surface area (TPSA) is 94.1 Å². The molecule has 29 heavy (non-hydrogen) atoms. The van der Waals surface area contributed by atoms with Crippen molar-refractivity contribution in [3.8, 4) is 5.75 Å². The van der Waals surface area contributed by atoms with Crippen molar-refractivity contribution in [2.24, 2.45) is 5.92 Å². The molecule has 2 aliphatic heterocycles. The van der Waals surface area contributed by atoms with Crippen molar-refractivity contribution in [1.29, 1.82) is 0 Å². The van der Waals surface area contributed by atoms with E-state index in [1.54, 1.807) is 11.0 Å². The third-order valence-electron chi connectivity index (χ3n) is 5.59. The second kappa shape index (κ2) is 10.1. The van der Waals surface area contributed by atoms with Gasteiger partial charge in [-0.3, -0.25) is 9.69 Å². The molecule has 2 aliphatic rings. The quantitative estimate of drug-likeness (QED) is 0.629. The van der Waals surface area contributed by atoms with E-state index in [-0.39, 0.29) is 29.6 Å². The molecule has 0 bridgehead atoms. The number of carbonyl (C=O) groups excluding carboxylic acids is 2. The standard InChI is InChI=1S/C20H29ClN4O4/c1-14(24-8-10-29-11-9-24)13-22-20(28)25-6-4-15(5-7-25)19(27)23-17-12-16(21)2-3-18(17)26/h2-3,12,14-15,26H,4-11,13H2,1H3,(H,22,28)(H,23,27). The van der Waals surface area contributed by atoms with Gasteiger partial charge in [-0.15, -0.1) is 0 Å². The molecule has 1 aromatic rings. The summed E-state index contributed by atoms with van der Waals surface area (Å²) < 4.78 is 5.36. The summed E-state index contributed by atoms with van der Waals surface area (Å²) in [5.74, 6) is -0.387. The van der Waals surface area contributed by atoms with Gasteiger partial charge in [0.15, 0.2) is 0 Å². The number of urea groups is 1. The minimum absolute atomic E-state index is 0.0195. The summed E-state index contributed by atoms with van der Waals surface area (Å²) in [5.41, 5.74) is 0.305. The highest BCUT2D eigenvalue weighted by atomic mass is 35.5. The number of carbonyl (C=O) groups is 2. The summed E-state index contributed by atoms with van der Waals surface area (Å²) >= 11 is 5.92.